The monoisotopic (exact) mass is 386 g/mol. The van der Waals surface area contributed by atoms with Crippen molar-refractivity contribution in [3.63, 3.8) is 0 Å². The van der Waals surface area contributed by atoms with Gasteiger partial charge in [-0.1, -0.05) is 39.7 Å². The molecule has 2 rings (SSSR count). The Balaban J connectivity index is 2.13. The predicted molar refractivity (Wildman–Crippen MR) is 91.6 cm³/mol. The van der Waals surface area contributed by atoms with E-state index in [2.05, 4.69) is 21.2 Å². The van der Waals surface area contributed by atoms with Crippen LogP contribution in [0.2, 0.25) is 4.34 Å². The molecule has 1 amide bonds. The van der Waals surface area contributed by atoms with Crippen molar-refractivity contribution in [3.05, 3.63) is 55.6 Å². The van der Waals surface area contributed by atoms with E-state index < -0.39 is 5.54 Å². The first-order valence-electron chi connectivity index (χ1n) is 6.42. The fourth-order valence-corrected chi connectivity index (χ4v) is 3.23. The van der Waals surface area contributed by atoms with E-state index >= 15 is 0 Å². The largest absolute Gasteiger partial charge is 0.347 e. The maximum atomic E-state index is 12.5. The molecule has 0 aliphatic carbocycles. The Hall–Kier alpha value is -0.880. The summed E-state index contributed by atoms with van der Waals surface area (Å²) in [7, 11) is 0. The molecule has 0 fully saturated rings. The van der Waals surface area contributed by atoms with Crippen LogP contribution in [0.25, 0.3) is 0 Å². The van der Waals surface area contributed by atoms with Crippen molar-refractivity contribution < 1.29 is 4.79 Å². The molecular formula is C15H16BrClN2OS. The summed E-state index contributed by atoms with van der Waals surface area (Å²) in [5.41, 5.74) is 5.89. The first-order valence-corrected chi connectivity index (χ1v) is 8.40. The Morgan fingerprint density at radius 1 is 1.33 bits per heavy atom. The van der Waals surface area contributed by atoms with E-state index in [9.17, 15) is 4.79 Å². The molecular weight excluding hydrogens is 372 g/mol. The quantitative estimate of drug-likeness (QED) is 0.825. The molecule has 0 saturated carbocycles. The molecule has 0 bridgehead atoms. The minimum Gasteiger partial charge on any atom is -0.347 e. The van der Waals surface area contributed by atoms with Gasteiger partial charge in [0.2, 0.25) is 5.91 Å². The highest BCUT2D eigenvalue weighted by Gasteiger charge is 2.31. The highest BCUT2D eigenvalue weighted by Crippen LogP contribution is 2.28. The first kappa shape index (κ1) is 16.5. The van der Waals surface area contributed by atoms with Gasteiger partial charge in [-0.3, -0.25) is 4.79 Å². The lowest BCUT2D eigenvalue weighted by Gasteiger charge is -2.26. The predicted octanol–water partition coefficient (Wildman–Crippen LogP) is 4.22. The van der Waals surface area contributed by atoms with Gasteiger partial charge in [-0.25, -0.2) is 0 Å². The van der Waals surface area contributed by atoms with Gasteiger partial charge in [0.25, 0.3) is 0 Å². The fraction of sp³-hybridized carbons (Fsp3) is 0.267. The molecule has 0 radical (unpaired) electrons. The summed E-state index contributed by atoms with van der Waals surface area (Å²) in [6.07, 6.45) is 0. The summed E-state index contributed by atoms with van der Waals surface area (Å²) in [6.45, 7) is 3.62. The van der Waals surface area contributed by atoms with Crippen molar-refractivity contribution in [2.24, 2.45) is 5.73 Å². The van der Waals surface area contributed by atoms with Crippen molar-refractivity contribution in [2.45, 2.75) is 25.4 Å². The van der Waals surface area contributed by atoms with Crippen LogP contribution in [0, 0.1) is 0 Å². The molecule has 3 N–H and O–H groups in total. The average Bonchev–Trinajstić information content (AvgIpc) is 2.86. The molecule has 6 heteroatoms. The lowest BCUT2D eigenvalue weighted by atomic mass is 9.92. The summed E-state index contributed by atoms with van der Waals surface area (Å²) >= 11 is 10.7. The van der Waals surface area contributed by atoms with E-state index in [1.165, 1.54) is 11.3 Å². The van der Waals surface area contributed by atoms with Gasteiger partial charge in [0, 0.05) is 9.35 Å². The number of halogens is 2. The Labute approximate surface area is 141 Å². The molecule has 0 aliphatic heterocycles. The number of hydrogen-bond acceptors (Lipinski definition) is 3. The van der Waals surface area contributed by atoms with Crippen LogP contribution in [0.5, 0.6) is 0 Å². The third-order valence-electron chi connectivity index (χ3n) is 3.28. The Morgan fingerprint density at radius 3 is 2.48 bits per heavy atom. The number of thiophene rings is 1. The van der Waals surface area contributed by atoms with Crippen molar-refractivity contribution in [3.8, 4) is 0 Å². The number of rotatable bonds is 4. The van der Waals surface area contributed by atoms with E-state index in [0.29, 0.717) is 4.34 Å². The zero-order valence-corrected chi connectivity index (χ0v) is 14.8. The number of nitrogens with one attached hydrogen (secondary N) is 1. The number of carbonyl (C=O) groups excluding carboxylic acids is 1. The molecule has 2 aromatic rings. The van der Waals surface area contributed by atoms with Gasteiger partial charge >= 0.3 is 0 Å². The van der Waals surface area contributed by atoms with Crippen molar-refractivity contribution in [2.75, 3.05) is 0 Å². The molecule has 2 unspecified atom stereocenters. The molecule has 0 aliphatic rings. The molecule has 1 aromatic carbocycles. The summed E-state index contributed by atoms with van der Waals surface area (Å²) in [5.74, 6) is -0.221. The standard InChI is InChI=1S/C15H16BrClN2OS/c1-9(12-7-8-13(17)21-12)19-14(20)15(2,18)10-3-5-11(16)6-4-10/h3-9H,18H2,1-2H3,(H,19,20). The van der Waals surface area contributed by atoms with Gasteiger partial charge in [-0.2, -0.15) is 0 Å². The summed E-state index contributed by atoms with van der Waals surface area (Å²) in [6, 6.07) is 11.0. The molecule has 1 heterocycles. The summed E-state index contributed by atoms with van der Waals surface area (Å²) < 4.78 is 1.65. The molecule has 0 saturated heterocycles. The number of hydrogen-bond donors (Lipinski definition) is 2. The number of carbonyl (C=O) groups is 1. The van der Waals surface area contributed by atoms with Gasteiger partial charge in [0.05, 0.1) is 10.4 Å². The Kier molecular flexibility index (Phi) is 5.09. The second kappa shape index (κ2) is 6.48. The number of amides is 1. The van der Waals surface area contributed by atoms with E-state index in [-0.39, 0.29) is 11.9 Å². The summed E-state index contributed by atoms with van der Waals surface area (Å²) in [4.78, 5) is 13.5. The van der Waals surface area contributed by atoms with Crippen molar-refractivity contribution in [1.29, 1.82) is 0 Å². The topological polar surface area (TPSA) is 55.1 Å². The SMILES string of the molecule is CC(NC(=O)C(C)(N)c1ccc(Br)cc1)c1ccc(Cl)s1. The average molecular weight is 388 g/mol. The maximum Gasteiger partial charge on any atom is 0.244 e. The zero-order chi connectivity index (χ0) is 15.6. The van der Waals surface area contributed by atoms with E-state index in [0.717, 1.165) is 14.9 Å². The fourth-order valence-electron chi connectivity index (χ4n) is 1.91. The normalized spacial score (nSPS) is 15.3. The number of benzene rings is 1. The minimum absolute atomic E-state index is 0.131. The van der Waals surface area contributed by atoms with Gasteiger partial charge in [-0.05, 0) is 43.7 Å². The Bertz CT molecular complexity index is 639. The van der Waals surface area contributed by atoms with Crippen LogP contribution in [-0.4, -0.2) is 5.91 Å². The maximum absolute atomic E-state index is 12.5. The molecule has 3 nitrogen and oxygen atoms in total. The smallest absolute Gasteiger partial charge is 0.244 e. The van der Waals surface area contributed by atoms with Crippen LogP contribution < -0.4 is 11.1 Å². The third-order valence-corrected chi connectivity index (χ3v) is 5.23. The van der Waals surface area contributed by atoms with Crippen LogP contribution in [0.1, 0.15) is 30.3 Å². The van der Waals surface area contributed by atoms with Crippen molar-refractivity contribution in [1.82, 2.24) is 5.32 Å². The second-order valence-corrected chi connectivity index (χ2v) is 7.71. The van der Waals surface area contributed by atoms with Crippen LogP contribution in [-0.2, 0) is 10.3 Å². The molecule has 2 atom stereocenters. The van der Waals surface area contributed by atoms with E-state index in [1.54, 1.807) is 6.92 Å². The number of nitrogens with two attached hydrogens (primary N) is 1. The van der Waals surface area contributed by atoms with Gasteiger partial charge in [-0.15, -0.1) is 11.3 Å². The molecule has 0 spiro atoms. The van der Waals surface area contributed by atoms with Crippen LogP contribution in [0.15, 0.2) is 40.9 Å². The zero-order valence-electron chi connectivity index (χ0n) is 11.7. The van der Waals surface area contributed by atoms with Gasteiger partial charge in [0.1, 0.15) is 5.54 Å². The lowest BCUT2D eigenvalue weighted by molar-refractivity contribution is -0.126. The summed E-state index contributed by atoms with van der Waals surface area (Å²) in [5, 5.41) is 2.94. The van der Waals surface area contributed by atoms with Crippen LogP contribution in [0.4, 0.5) is 0 Å². The molecule has 1 aromatic heterocycles. The Morgan fingerprint density at radius 2 is 1.95 bits per heavy atom. The third kappa shape index (κ3) is 3.86. The van der Waals surface area contributed by atoms with Crippen LogP contribution in [0.3, 0.4) is 0 Å². The second-order valence-electron chi connectivity index (χ2n) is 5.05. The van der Waals surface area contributed by atoms with Gasteiger partial charge in [0.15, 0.2) is 0 Å². The molecule has 112 valence electrons. The first-order chi connectivity index (χ1) is 9.80. The van der Waals surface area contributed by atoms with E-state index in [4.69, 9.17) is 17.3 Å². The van der Waals surface area contributed by atoms with E-state index in [1.807, 2.05) is 43.3 Å². The van der Waals surface area contributed by atoms with Crippen molar-refractivity contribution >= 4 is 44.8 Å². The highest BCUT2D eigenvalue weighted by molar-refractivity contribution is 9.10. The highest BCUT2D eigenvalue weighted by atomic mass is 79.9. The molecule has 21 heavy (non-hydrogen) atoms. The minimum atomic E-state index is -1.09. The van der Waals surface area contributed by atoms with Gasteiger partial charge < -0.3 is 11.1 Å². The van der Waals surface area contributed by atoms with Crippen LogP contribution >= 0.6 is 38.9 Å². The lowest BCUT2D eigenvalue weighted by Crippen LogP contribution is -2.49.